The highest BCUT2D eigenvalue weighted by molar-refractivity contribution is 5.98. The van der Waals surface area contributed by atoms with Gasteiger partial charge in [0.15, 0.2) is 5.96 Å². The summed E-state index contributed by atoms with van der Waals surface area (Å²) in [5.74, 6) is 0.962. The summed E-state index contributed by atoms with van der Waals surface area (Å²) in [5.41, 5.74) is 6.70. The zero-order valence-electron chi connectivity index (χ0n) is 16.3. The zero-order chi connectivity index (χ0) is 18.3. The molecule has 0 bridgehead atoms. The minimum atomic E-state index is 0.314. The number of aromatic nitrogens is 2. The molecule has 26 heavy (non-hydrogen) atoms. The first kappa shape index (κ1) is 17.1. The van der Waals surface area contributed by atoms with E-state index < -0.39 is 0 Å². The largest absolute Gasteiger partial charge is 0.352 e. The molecule has 2 heterocycles. The summed E-state index contributed by atoms with van der Waals surface area (Å²) in [6.45, 7) is 5.99. The molecule has 0 atom stereocenters. The van der Waals surface area contributed by atoms with Gasteiger partial charge in [0.1, 0.15) is 0 Å². The van der Waals surface area contributed by atoms with Gasteiger partial charge in [-0.15, -0.1) is 0 Å². The maximum atomic E-state index is 4.61. The van der Waals surface area contributed by atoms with Crippen LogP contribution in [0.3, 0.4) is 0 Å². The van der Waals surface area contributed by atoms with Gasteiger partial charge in [-0.2, -0.15) is 5.10 Å². The molecule has 2 aliphatic rings. The minimum Gasteiger partial charge on any atom is -0.352 e. The summed E-state index contributed by atoms with van der Waals surface area (Å²) in [6.07, 6.45) is 5.25. The molecule has 0 unspecified atom stereocenters. The molecule has 4 rings (SSSR count). The van der Waals surface area contributed by atoms with Crippen LogP contribution in [0.4, 0.5) is 5.69 Å². The fourth-order valence-corrected chi connectivity index (χ4v) is 4.83. The first-order valence-corrected chi connectivity index (χ1v) is 9.62. The third kappa shape index (κ3) is 2.61. The van der Waals surface area contributed by atoms with Crippen LogP contribution in [0.25, 0.3) is 0 Å². The van der Waals surface area contributed by atoms with Gasteiger partial charge in [-0.05, 0) is 38.3 Å². The summed E-state index contributed by atoms with van der Waals surface area (Å²) >= 11 is 0. The molecule has 2 aromatic rings. The number of anilines is 1. The number of aryl methyl sites for hydroxylation is 2. The van der Waals surface area contributed by atoms with Crippen molar-refractivity contribution in [3.8, 4) is 0 Å². The van der Waals surface area contributed by atoms with Crippen molar-refractivity contribution >= 4 is 11.6 Å². The molecule has 1 fully saturated rings. The zero-order valence-corrected chi connectivity index (χ0v) is 16.3. The minimum absolute atomic E-state index is 0.314. The van der Waals surface area contributed by atoms with Gasteiger partial charge in [-0.3, -0.25) is 9.67 Å². The van der Waals surface area contributed by atoms with E-state index in [9.17, 15) is 0 Å². The van der Waals surface area contributed by atoms with Crippen molar-refractivity contribution in [1.82, 2.24) is 15.1 Å². The van der Waals surface area contributed by atoms with Gasteiger partial charge >= 0.3 is 0 Å². The number of hydrogen-bond acceptors (Lipinski definition) is 2. The molecule has 0 radical (unpaired) electrons. The number of nitrogens with zero attached hydrogens (tertiary/aromatic N) is 4. The van der Waals surface area contributed by atoms with Crippen LogP contribution in [-0.4, -0.2) is 29.3 Å². The standard InChI is InChI=1S/C21H29N5/c1-15-17(16(2)25(4)24-15)13-23-20(22-3)26-14-21(11-7-8-12-21)18-9-5-6-10-19(18)26/h5-6,9-10H,7-8,11-14H2,1-4H3,(H,22,23). The number of fused-ring (bicyclic) bond motifs is 2. The average Bonchev–Trinajstić information content (AvgIpc) is 3.31. The summed E-state index contributed by atoms with van der Waals surface area (Å²) in [5, 5.41) is 8.12. The quantitative estimate of drug-likeness (QED) is 0.666. The number of hydrogen-bond donors (Lipinski definition) is 1. The van der Waals surface area contributed by atoms with Gasteiger partial charge in [0, 0.05) is 49.5 Å². The Labute approximate surface area is 156 Å². The highest BCUT2D eigenvalue weighted by atomic mass is 15.3. The fraction of sp³-hybridized carbons (Fsp3) is 0.524. The first-order chi connectivity index (χ1) is 12.6. The normalized spacial score (nSPS) is 18.6. The van der Waals surface area contributed by atoms with Gasteiger partial charge in [0.2, 0.25) is 0 Å². The van der Waals surface area contributed by atoms with E-state index in [2.05, 4.69) is 58.4 Å². The van der Waals surface area contributed by atoms with Crippen LogP contribution in [0.5, 0.6) is 0 Å². The maximum Gasteiger partial charge on any atom is 0.198 e. The Morgan fingerprint density at radius 2 is 1.96 bits per heavy atom. The Kier molecular flexibility index (Phi) is 4.25. The van der Waals surface area contributed by atoms with E-state index in [4.69, 9.17) is 0 Å². The van der Waals surface area contributed by atoms with Crippen molar-refractivity contribution in [2.45, 2.75) is 51.5 Å². The molecule has 1 N–H and O–H groups in total. The number of para-hydroxylation sites is 1. The number of nitrogens with one attached hydrogen (secondary N) is 1. The molecule has 0 saturated heterocycles. The number of benzene rings is 1. The van der Waals surface area contributed by atoms with E-state index in [1.54, 1.807) is 0 Å². The lowest BCUT2D eigenvalue weighted by molar-refractivity contribution is 0.478. The summed E-state index contributed by atoms with van der Waals surface area (Å²) in [6, 6.07) is 8.89. The van der Waals surface area contributed by atoms with Gasteiger partial charge in [-0.1, -0.05) is 31.0 Å². The highest BCUT2D eigenvalue weighted by Gasteiger charge is 2.45. The molecule has 1 aromatic heterocycles. The Morgan fingerprint density at radius 1 is 1.23 bits per heavy atom. The second-order valence-corrected chi connectivity index (χ2v) is 7.76. The second-order valence-electron chi connectivity index (χ2n) is 7.76. The average molecular weight is 351 g/mol. The van der Waals surface area contributed by atoms with Crippen molar-refractivity contribution < 1.29 is 0 Å². The molecule has 1 saturated carbocycles. The van der Waals surface area contributed by atoms with Crippen molar-refractivity contribution in [2.75, 3.05) is 18.5 Å². The summed E-state index contributed by atoms with van der Waals surface area (Å²) in [4.78, 5) is 7.00. The van der Waals surface area contributed by atoms with E-state index in [0.717, 1.165) is 24.7 Å². The van der Waals surface area contributed by atoms with Crippen molar-refractivity contribution in [1.29, 1.82) is 0 Å². The number of guanidine groups is 1. The predicted molar refractivity (Wildman–Crippen MR) is 107 cm³/mol. The van der Waals surface area contributed by atoms with Crippen LogP contribution in [0.1, 0.15) is 48.2 Å². The van der Waals surface area contributed by atoms with Crippen LogP contribution in [0.2, 0.25) is 0 Å². The Hall–Kier alpha value is -2.30. The van der Waals surface area contributed by atoms with Gasteiger partial charge in [0.25, 0.3) is 0 Å². The van der Waals surface area contributed by atoms with Gasteiger partial charge in [-0.25, -0.2) is 0 Å². The summed E-state index contributed by atoms with van der Waals surface area (Å²) < 4.78 is 1.95. The molecular weight excluding hydrogens is 322 g/mol. The number of aliphatic imine (C=N–C) groups is 1. The fourth-order valence-electron chi connectivity index (χ4n) is 4.83. The molecule has 5 nitrogen and oxygen atoms in total. The van der Waals surface area contributed by atoms with E-state index >= 15 is 0 Å². The molecule has 138 valence electrons. The lowest BCUT2D eigenvalue weighted by Crippen LogP contribution is -2.43. The second kappa shape index (κ2) is 6.45. The van der Waals surface area contributed by atoms with E-state index in [0.29, 0.717) is 5.41 Å². The molecule has 0 amide bonds. The molecule has 1 aliphatic carbocycles. The monoisotopic (exact) mass is 351 g/mol. The summed E-state index contributed by atoms with van der Waals surface area (Å²) in [7, 11) is 3.88. The van der Waals surface area contributed by atoms with Gasteiger partial charge < -0.3 is 10.2 Å². The number of rotatable bonds is 2. The Balaban J connectivity index is 1.60. The van der Waals surface area contributed by atoms with Crippen LogP contribution in [-0.2, 0) is 19.0 Å². The first-order valence-electron chi connectivity index (χ1n) is 9.62. The Bertz CT molecular complexity index is 842. The highest BCUT2D eigenvalue weighted by Crippen LogP contribution is 2.50. The molecule has 1 aliphatic heterocycles. The van der Waals surface area contributed by atoms with Crippen LogP contribution >= 0.6 is 0 Å². The van der Waals surface area contributed by atoms with Crippen molar-refractivity contribution in [2.24, 2.45) is 12.0 Å². The van der Waals surface area contributed by atoms with E-state index in [1.807, 2.05) is 18.8 Å². The SMILES string of the molecule is CN=C(NCc1c(C)nn(C)c1C)N1CC2(CCCC2)c2ccccc21. The Morgan fingerprint density at radius 3 is 2.62 bits per heavy atom. The molecular formula is C21H29N5. The van der Waals surface area contributed by atoms with Crippen LogP contribution in [0, 0.1) is 13.8 Å². The lowest BCUT2D eigenvalue weighted by Gasteiger charge is -2.26. The van der Waals surface area contributed by atoms with Crippen LogP contribution in [0.15, 0.2) is 29.3 Å². The van der Waals surface area contributed by atoms with Crippen LogP contribution < -0.4 is 10.2 Å². The smallest absolute Gasteiger partial charge is 0.198 e. The predicted octanol–water partition coefficient (Wildman–Crippen LogP) is 3.44. The molecule has 1 aromatic carbocycles. The van der Waals surface area contributed by atoms with E-state index in [-0.39, 0.29) is 0 Å². The topological polar surface area (TPSA) is 45.5 Å². The van der Waals surface area contributed by atoms with E-state index in [1.165, 1.54) is 48.2 Å². The van der Waals surface area contributed by atoms with Crippen molar-refractivity contribution in [3.05, 3.63) is 46.8 Å². The molecule has 1 spiro atoms. The third-order valence-corrected chi connectivity index (χ3v) is 6.34. The van der Waals surface area contributed by atoms with Gasteiger partial charge in [0.05, 0.1) is 5.69 Å². The lowest BCUT2D eigenvalue weighted by atomic mass is 9.81. The maximum absolute atomic E-state index is 4.61. The third-order valence-electron chi connectivity index (χ3n) is 6.34. The van der Waals surface area contributed by atoms with Crippen molar-refractivity contribution in [3.63, 3.8) is 0 Å². The molecule has 5 heteroatoms.